The second-order valence-electron chi connectivity index (χ2n) is 4.36. The Morgan fingerprint density at radius 3 is 2.48 bits per heavy atom. The summed E-state index contributed by atoms with van der Waals surface area (Å²) < 4.78 is 39.0. The zero-order chi connectivity index (χ0) is 15.2. The summed E-state index contributed by atoms with van der Waals surface area (Å²) in [4.78, 5) is 10.8. The Hall–Kier alpha value is -2.55. The lowest BCUT2D eigenvalue weighted by atomic mass is 10.1. The first-order valence-corrected chi connectivity index (χ1v) is 7.59. The molecule has 0 radical (unpaired) electrons. The molecule has 110 valence electrons. The van der Waals surface area contributed by atoms with Crippen LogP contribution in [0.2, 0.25) is 0 Å². The number of nitrogens with zero attached hydrogens (tertiary/aromatic N) is 1. The Bertz CT molecular complexity index is 837. The van der Waals surface area contributed by atoms with Gasteiger partial charge in [0.1, 0.15) is 0 Å². The van der Waals surface area contributed by atoms with Gasteiger partial charge in [-0.1, -0.05) is 5.16 Å². The highest BCUT2D eigenvalue weighted by Gasteiger charge is 2.25. The predicted molar refractivity (Wildman–Crippen MR) is 68.1 cm³/mol. The van der Waals surface area contributed by atoms with Crippen LogP contribution in [0.1, 0.15) is 10.5 Å². The Labute approximate surface area is 118 Å². The molecule has 2 aromatic rings. The Morgan fingerprint density at radius 1 is 1.24 bits per heavy atom. The van der Waals surface area contributed by atoms with E-state index in [-0.39, 0.29) is 28.7 Å². The zero-order valence-corrected chi connectivity index (χ0v) is 11.5. The summed E-state index contributed by atoms with van der Waals surface area (Å²) in [6.07, 6.45) is 1.03. The minimum absolute atomic E-state index is 0.0151. The molecule has 0 fully saturated rings. The molecule has 3 rings (SSSR count). The molecule has 1 N–H and O–H groups in total. The minimum atomic E-state index is -3.58. The maximum Gasteiger partial charge on any atom is 0.358 e. The molecule has 9 heteroatoms. The molecule has 0 spiro atoms. The van der Waals surface area contributed by atoms with Gasteiger partial charge in [0.2, 0.25) is 6.79 Å². The van der Waals surface area contributed by atoms with E-state index in [1.165, 1.54) is 12.1 Å². The van der Waals surface area contributed by atoms with Crippen LogP contribution >= 0.6 is 0 Å². The number of fused-ring (bicyclic) bond motifs is 1. The second kappa shape index (κ2) is 4.48. The Balaban J connectivity index is 2.22. The molecule has 0 unspecified atom stereocenters. The average molecular weight is 311 g/mol. The summed E-state index contributed by atoms with van der Waals surface area (Å²) >= 11 is 0. The monoisotopic (exact) mass is 311 g/mol. The highest BCUT2D eigenvalue weighted by atomic mass is 32.2. The summed E-state index contributed by atoms with van der Waals surface area (Å²) in [6, 6.07) is 3.88. The normalized spacial score (nSPS) is 13.4. The fourth-order valence-corrected chi connectivity index (χ4v) is 2.81. The van der Waals surface area contributed by atoms with Gasteiger partial charge in [-0.3, -0.25) is 0 Å². The summed E-state index contributed by atoms with van der Waals surface area (Å²) in [5.41, 5.74) is -0.149. The van der Waals surface area contributed by atoms with Crippen molar-refractivity contribution in [2.45, 2.75) is 4.90 Å². The van der Waals surface area contributed by atoms with Crippen molar-refractivity contribution in [3.8, 4) is 22.8 Å². The number of ether oxygens (including phenoxy) is 2. The fourth-order valence-electron chi connectivity index (χ4n) is 1.93. The van der Waals surface area contributed by atoms with Crippen LogP contribution in [0.25, 0.3) is 11.3 Å². The minimum Gasteiger partial charge on any atom is -0.476 e. The summed E-state index contributed by atoms with van der Waals surface area (Å²) in [6.45, 7) is -0.0151. The van der Waals surface area contributed by atoms with Crippen molar-refractivity contribution in [2.24, 2.45) is 0 Å². The van der Waals surface area contributed by atoms with E-state index in [0.717, 1.165) is 12.3 Å². The van der Waals surface area contributed by atoms with Gasteiger partial charge in [0.25, 0.3) is 0 Å². The number of carbonyl (C=O) groups is 1. The molecule has 1 aromatic carbocycles. The summed E-state index contributed by atoms with van der Waals surface area (Å²) in [7, 11) is -3.58. The quantitative estimate of drug-likeness (QED) is 0.898. The fraction of sp³-hybridized carbons (Fsp3) is 0.167. The van der Waals surface area contributed by atoms with Crippen LogP contribution in [0.15, 0.2) is 27.6 Å². The summed E-state index contributed by atoms with van der Waals surface area (Å²) in [5.74, 6) is -0.597. The number of hydrogen-bond acceptors (Lipinski definition) is 7. The number of rotatable bonds is 3. The lowest BCUT2D eigenvalue weighted by Crippen LogP contribution is -2.00. The van der Waals surface area contributed by atoms with E-state index in [2.05, 4.69) is 5.16 Å². The molecule has 8 nitrogen and oxygen atoms in total. The van der Waals surface area contributed by atoms with E-state index in [9.17, 15) is 13.2 Å². The highest BCUT2D eigenvalue weighted by molar-refractivity contribution is 7.90. The van der Waals surface area contributed by atoms with Crippen LogP contribution < -0.4 is 9.47 Å². The SMILES string of the molecule is CS(=O)(=O)c1cc2c(cc1-c1cc(C(=O)O)no1)OCO2. The van der Waals surface area contributed by atoms with E-state index < -0.39 is 15.8 Å². The maximum atomic E-state index is 11.9. The van der Waals surface area contributed by atoms with Crippen molar-refractivity contribution >= 4 is 15.8 Å². The molecule has 0 bridgehead atoms. The van der Waals surface area contributed by atoms with Crippen LogP contribution in [-0.4, -0.2) is 37.7 Å². The van der Waals surface area contributed by atoms with E-state index in [4.69, 9.17) is 19.1 Å². The average Bonchev–Trinajstić information content (AvgIpc) is 3.04. The van der Waals surface area contributed by atoms with Crippen molar-refractivity contribution in [3.63, 3.8) is 0 Å². The topological polar surface area (TPSA) is 116 Å². The highest BCUT2D eigenvalue weighted by Crippen LogP contribution is 2.40. The molecular formula is C12H9NO7S. The number of aromatic nitrogens is 1. The van der Waals surface area contributed by atoms with E-state index in [1.807, 2.05) is 0 Å². The van der Waals surface area contributed by atoms with Gasteiger partial charge in [-0.05, 0) is 6.07 Å². The Morgan fingerprint density at radius 2 is 1.90 bits per heavy atom. The molecule has 0 atom stereocenters. The van der Waals surface area contributed by atoms with Gasteiger partial charge in [-0.2, -0.15) is 0 Å². The van der Waals surface area contributed by atoms with Crippen LogP contribution in [-0.2, 0) is 9.84 Å². The third-order valence-electron chi connectivity index (χ3n) is 2.87. The predicted octanol–water partition coefficient (Wildman–Crippen LogP) is 1.17. The number of aromatic carboxylic acids is 1. The number of hydrogen-bond donors (Lipinski definition) is 1. The molecule has 0 amide bonds. The van der Waals surface area contributed by atoms with Gasteiger partial charge in [0.05, 0.1) is 4.90 Å². The van der Waals surface area contributed by atoms with Crippen molar-refractivity contribution in [1.82, 2.24) is 5.16 Å². The van der Waals surface area contributed by atoms with E-state index in [1.54, 1.807) is 0 Å². The molecular weight excluding hydrogens is 302 g/mol. The van der Waals surface area contributed by atoms with Crippen LogP contribution in [0.3, 0.4) is 0 Å². The molecule has 0 saturated carbocycles. The van der Waals surface area contributed by atoms with Gasteiger partial charge in [-0.25, -0.2) is 13.2 Å². The van der Waals surface area contributed by atoms with Crippen molar-refractivity contribution in [2.75, 3.05) is 13.0 Å². The van der Waals surface area contributed by atoms with Gasteiger partial charge >= 0.3 is 5.97 Å². The smallest absolute Gasteiger partial charge is 0.358 e. The third kappa shape index (κ3) is 2.31. The molecule has 1 aliphatic rings. The molecule has 2 heterocycles. The molecule has 1 aromatic heterocycles. The van der Waals surface area contributed by atoms with Crippen molar-refractivity contribution < 1.29 is 32.3 Å². The first kappa shape index (κ1) is 13.4. The zero-order valence-electron chi connectivity index (χ0n) is 10.7. The third-order valence-corrected chi connectivity index (χ3v) is 4.01. The summed E-state index contributed by atoms with van der Waals surface area (Å²) in [5, 5.41) is 12.2. The van der Waals surface area contributed by atoms with Crippen LogP contribution in [0, 0.1) is 0 Å². The number of sulfone groups is 1. The van der Waals surface area contributed by atoms with Gasteiger partial charge in [-0.15, -0.1) is 0 Å². The van der Waals surface area contributed by atoms with Gasteiger partial charge < -0.3 is 19.1 Å². The van der Waals surface area contributed by atoms with Crippen LogP contribution in [0.5, 0.6) is 11.5 Å². The lowest BCUT2D eigenvalue weighted by molar-refractivity contribution is 0.0685. The molecule has 21 heavy (non-hydrogen) atoms. The number of carboxylic acids is 1. The number of benzene rings is 1. The maximum absolute atomic E-state index is 11.9. The molecule has 0 aliphatic carbocycles. The first-order chi connectivity index (χ1) is 9.86. The largest absolute Gasteiger partial charge is 0.476 e. The van der Waals surface area contributed by atoms with E-state index >= 15 is 0 Å². The molecule has 0 saturated heterocycles. The van der Waals surface area contributed by atoms with Crippen molar-refractivity contribution in [3.05, 3.63) is 23.9 Å². The second-order valence-corrected chi connectivity index (χ2v) is 6.34. The van der Waals surface area contributed by atoms with Gasteiger partial charge in [0, 0.05) is 24.0 Å². The lowest BCUT2D eigenvalue weighted by Gasteiger charge is -2.06. The molecule has 1 aliphatic heterocycles. The van der Waals surface area contributed by atoms with Gasteiger partial charge in [0.15, 0.2) is 32.8 Å². The number of carboxylic acid groups (broad SMARTS) is 1. The van der Waals surface area contributed by atoms with Crippen LogP contribution in [0.4, 0.5) is 0 Å². The van der Waals surface area contributed by atoms with E-state index in [0.29, 0.717) is 11.5 Å². The standard InChI is InChI=1S/C12H9NO7S/c1-21(16,17)11-4-10-9(18-5-19-10)2-6(11)8-3-7(12(14)15)13-20-8/h2-4H,5H2,1H3,(H,14,15). The Kier molecular flexibility index (Phi) is 2.87. The first-order valence-electron chi connectivity index (χ1n) is 5.70. The van der Waals surface area contributed by atoms with Crippen molar-refractivity contribution in [1.29, 1.82) is 0 Å².